The van der Waals surface area contributed by atoms with Crippen molar-refractivity contribution in [3.05, 3.63) is 0 Å². The van der Waals surface area contributed by atoms with Crippen LogP contribution in [0.15, 0.2) is 0 Å². The van der Waals surface area contributed by atoms with Crippen LogP contribution in [0, 0.1) is 11.3 Å². The number of carbonyl (C=O) groups excluding carboxylic acids is 1. The van der Waals surface area contributed by atoms with Gasteiger partial charge < -0.3 is 15.1 Å². The van der Waals surface area contributed by atoms with Gasteiger partial charge in [0.1, 0.15) is 0 Å². The Morgan fingerprint density at radius 2 is 1.83 bits per heavy atom. The van der Waals surface area contributed by atoms with Crippen molar-refractivity contribution in [3.8, 4) is 0 Å². The minimum absolute atomic E-state index is 0.0294. The second kappa shape index (κ2) is 5.69. The lowest BCUT2D eigenvalue weighted by molar-refractivity contribution is -0.152. The predicted molar refractivity (Wildman–Crippen MR) is 67.0 cm³/mol. The van der Waals surface area contributed by atoms with Crippen molar-refractivity contribution in [1.29, 1.82) is 0 Å². The minimum atomic E-state index is -1.02. The number of rotatable bonds is 4. The smallest absolute Gasteiger partial charge is 0.309 e. The molecule has 1 aliphatic rings. The molecule has 5 heteroatoms. The van der Waals surface area contributed by atoms with Gasteiger partial charge in [0.25, 0.3) is 0 Å². The normalized spacial score (nSPS) is 19.7. The Kier molecular flexibility index (Phi) is 4.73. The standard InChI is InChI=1S/C13H23NO4/c1-9(15)10-4-6-14(7-5-10)11(16)8-13(2,3)12(17)18/h9-10,15H,4-8H2,1-3H3,(H,17,18). The number of carboxylic acids is 1. The number of aliphatic carboxylic acids is 1. The van der Waals surface area contributed by atoms with Crippen LogP contribution in [-0.4, -0.2) is 46.2 Å². The van der Waals surface area contributed by atoms with E-state index >= 15 is 0 Å². The molecule has 1 atom stereocenters. The Morgan fingerprint density at radius 1 is 1.33 bits per heavy atom. The lowest BCUT2D eigenvalue weighted by Gasteiger charge is -2.34. The molecule has 1 heterocycles. The first-order valence-electron chi connectivity index (χ1n) is 6.43. The Labute approximate surface area is 108 Å². The third-order valence-corrected chi connectivity index (χ3v) is 3.75. The largest absolute Gasteiger partial charge is 0.481 e. The van der Waals surface area contributed by atoms with E-state index < -0.39 is 11.4 Å². The van der Waals surface area contributed by atoms with Crippen molar-refractivity contribution >= 4 is 11.9 Å². The molecule has 18 heavy (non-hydrogen) atoms. The Balaban J connectivity index is 2.48. The monoisotopic (exact) mass is 257 g/mol. The first kappa shape index (κ1) is 15.0. The second-order valence-corrected chi connectivity index (χ2v) is 5.82. The molecule has 0 aliphatic carbocycles. The van der Waals surface area contributed by atoms with Crippen LogP contribution in [0.5, 0.6) is 0 Å². The zero-order chi connectivity index (χ0) is 13.9. The van der Waals surface area contributed by atoms with Gasteiger partial charge in [-0.05, 0) is 39.5 Å². The van der Waals surface area contributed by atoms with E-state index in [9.17, 15) is 14.7 Å². The number of amides is 1. The van der Waals surface area contributed by atoms with Crippen LogP contribution in [0.2, 0.25) is 0 Å². The zero-order valence-electron chi connectivity index (χ0n) is 11.3. The summed E-state index contributed by atoms with van der Waals surface area (Å²) in [4.78, 5) is 24.7. The second-order valence-electron chi connectivity index (χ2n) is 5.82. The predicted octanol–water partition coefficient (Wildman–Crippen LogP) is 1.11. The Hall–Kier alpha value is -1.10. The molecular weight excluding hydrogens is 234 g/mol. The molecule has 0 aromatic rings. The molecule has 0 aromatic heterocycles. The first-order valence-corrected chi connectivity index (χ1v) is 6.43. The fraction of sp³-hybridized carbons (Fsp3) is 0.846. The van der Waals surface area contributed by atoms with Gasteiger partial charge in [-0.25, -0.2) is 0 Å². The third kappa shape index (κ3) is 3.70. The van der Waals surface area contributed by atoms with E-state index in [4.69, 9.17) is 5.11 Å². The summed E-state index contributed by atoms with van der Waals surface area (Å²) in [6.07, 6.45) is 1.27. The molecule has 1 unspecified atom stereocenters. The van der Waals surface area contributed by atoms with Crippen LogP contribution in [0.3, 0.4) is 0 Å². The summed E-state index contributed by atoms with van der Waals surface area (Å²) in [5.41, 5.74) is -1.02. The van der Waals surface area contributed by atoms with Gasteiger partial charge in [0, 0.05) is 19.5 Å². The third-order valence-electron chi connectivity index (χ3n) is 3.75. The fourth-order valence-corrected chi connectivity index (χ4v) is 2.20. The van der Waals surface area contributed by atoms with Crippen LogP contribution >= 0.6 is 0 Å². The number of aliphatic hydroxyl groups excluding tert-OH is 1. The summed E-state index contributed by atoms with van der Waals surface area (Å²) in [5, 5.41) is 18.5. The molecular formula is C13H23NO4. The Morgan fingerprint density at radius 3 is 2.22 bits per heavy atom. The lowest BCUT2D eigenvalue weighted by Crippen LogP contribution is -2.43. The van der Waals surface area contributed by atoms with Gasteiger partial charge in [-0.15, -0.1) is 0 Å². The molecule has 104 valence electrons. The van der Waals surface area contributed by atoms with Crippen molar-refractivity contribution < 1.29 is 19.8 Å². The van der Waals surface area contributed by atoms with Gasteiger partial charge in [-0.2, -0.15) is 0 Å². The number of likely N-dealkylation sites (tertiary alicyclic amines) is 1. The highest BCUT2D eigenvalue weighted by atomic mass is 16.4. The maximum atomic E-state index is 12.0. The summed E-state index contributed by atoms with van der Waals surface area (Å²) in [6.45, 7) is 6.13. The van der Waals surface area contributed by atoms with Crippen LogP contribution in [-0.2, 0) is 9.59 Å². The maximum Gasteiger partial charge on any atom is 0.309 e. The molecule has 1 aliphatic heterocycles. The molecule has 1 fully saturated rings. The average molecular weight is 257 g/mol. The zero-order valence-corrected chi connectivity index (χ0v) is 11.3. The fourth-order valence-electron chi connectivity index (χ4n) is 2.20. The van der Waals surface area contributed by atoms with E-state index in [2.05, 4.69) is 0 Å². The highest BCUT2D eigenvalue weighted by Gasteiger charge is 2.33. The van der Waals surface area contributed by atoms with E-state index in [0.717, 1.165) is 12.8 Å². The van der Waals surface area contributed by atoms with E-state index in [-0.39, 0.29) is 24.3 Å². The molecule has 0 bridgehead atoms. The quantitative estimate of drug-likeness (QED) is 0.790. The van der Waals surface area contributed by atoms with E-state index in [1.165, 1.54) is 0 Å². The van der Waals surface area contributed by atoms with Crippen LogP contribution in [0.25, 0.3) is 0 Å². The molecule has 0 radical (unpaired) electrons. The summed E-state index contributed by atoms with van der Waals surface area (Å²) in [5.74, 6) is -0.803. The van der Waals surface area contributed by atoms with Gasteiger partial charge in [-0.1, -0.05) is 0 Å². The number of carboxylic acid groups (broad SMARTS) is 1. The molecule has 0 spiro atoms. The molecule has 5 nitrogen and oxygen atoms in total. The molecule has 1 saturated heterocycles. The van der Waals surface area contributed by atoms with Crippen LogP contribution in [0.1, 0.15) is 40.0 Å². The van der Waals surface area contributed by atoms with Gasteiger partial charge in [0.05, 0.1) is 11.5 Å². The Bertz CT molecular complexity index is 317. The van der Waals surface area contributed by atoms with E-state index in [1.54, 1.807) is 25.7 Å². The van der Waals surface area contributed by atoms with Crippen molar-refractivity contribution in [1.82, 2.24) is 4.90 Å². The molecule has 1 rings (SSSR count). The maximum absolute atomic E-state index is 12.0. The van der Waals surface area contributed by atoms with Crippen LogP contribution in [0.4, 0.5) is 0 Å². The summed E-state index contributed by atoms with van der Waals surface area (Å²) < 4.78 is 0. The van der Waals surface area contributed by atoms with Crippen LogP contribution < -0.4 is 0 Å². The van der Waals surface area contributed by atoms with Crippen molar-refractivity contribution in [2.24, 2.45) is 11.3 Å². The van der Waals surface area contributed by atoms with E-state index in [1.807, 2.05) is 0 Å². The number of nitrogens with zero attached hydrogens (tertiary/aromatic N) is 1. The first-order chi connectivity index (χ1) is 8.24. The summed E-state index contributed by atoms with van der Waals surface area (Å²) in [7, 11) is 0. The highest BCUT2D eigenvalue weighted by Crippen LogP contribution is 2.25. The average Bonchev–Trinajstić information content (AvgIpc) is 2.28. The van der Waals surface area contributed by atoms with Crippen molar-refractivity contribution in [3.63, 3.8) is 0 Å². The highest BCUT2D eigenvalue weighted by molar-refractivity contribution is 5.84. The number of carbonyl (C=O) groups is 2. The number of hydrogen-bond donors (Lipinski definition) is 2. The lowest BCUT2D eigenvalue weighted by atomic mass is 9.87. The van der Waals surface area contributed by atoms with Crippen molar-refractivity contribution in [2.75, 3.05) is 13.1 Å². The summed E-state index contributed by atoms with van der Waals surface area (Å²) in [6, 6.07) is 0. The van der Waals surface area contributed by atoms with Gasteiger partial charge in [-0.3, -0.25) is 9.59 Å². The topological polar surface area (TPSA) is 77.8 Å². The van der Waals surface area contributed by atoms with Crippen molar-refractivity contribution in [2.45, 2.75) is 46.1 Å². The minimum Gasteiger partial charge on any atom is -0.481 e. The van der Waals surface area contributed by atoms with Gasteiger partial charge in [0.2, 0.25) is 5.91 Å². The van der Waals surface area contributed by atoms with Gasteiger partial charge >= 0.3 is 5.97 Å². The SMILES string of the molecule is CC(O)C1CCN(C(=O)CC(C)(C)C(=O)O)CC1. The molecule has 0 aromatic carbocycles. The summed E-state index contributed by atoms with van der Waals surface area (Å²) >= 11 is 0. The molecule has 1 amide bonds. The number of aliphatic hydroxyl groups is 1. The van der Waals surface area contributed by atoms with E-state index in [0.29, 0.717) is 13.1 Å². The van der Waals surface area contributed by atoms with Gasteiger partial charge in [0.15, 0.2) is 0 Å². The number of hydrogen-bond acceptors (Lipinski definition) is 3. The molecule has 2 N–H and O–H groups in total. The molecule has 0 saturated carbocycles. The number of piperidine rings is 1.